The van der Waals surface area contributed by atoms with Crippen LogP contribution in [0.15, 0.2) is 34.6 Å². The van der Waals surface area contributed by atoms with Crippen LogP contribution in [0.25, 0.3) is 0 Å². The monoisotopic (exact) mass is 561 g/mol. The Morgan fingerprint density at radius 2 is 1.83 bits per heavy atom. The second-order valence-corrected chi connectivity index (χ2v) is 6.89. The number of alkyl halides is 3. The Balaban J connectivity index is 0.00000420. The van der Waals surface area contributed by atoms with Crippen molar-refractivity contribution in [2.45, 2.75) is 12.6 Å². The molecule has 0 aliphatic heterocycles. The first-order valence-corrected chi connectivity index (χ1v) is 9.56. The lowest BCUT2D eigenvalue weighted by molar-refractivity contribution is -0.140. The average Bonchev–Trinajstić information content (AvgIpc) is 3.13. The van der Waals surface area contributed by atoms with Gasteiger partial charge in [0.25, 0.3) is 5.91 Å². The Labute approximate surface area is 192 Å². The standard InChI is InChI=1S/C17H19ClF3N5OS.HI/c1-22-16(24-7-6-14-26-13(10-28-14)17(19,20)21)25-9-8-23-15(27)11-4-2-3-5-12(11)18;/h2-5,10H,6-9H2,1H3,(H,23,27)(H2,22,24,25);1H. The van der Waals surface area contributed by atoms with Crippen LogP contribution in [0.3, 0.4) is 0 Å². The number of carbonyl (C=O) groups is 1. The van der Waals surface area contributed by atoms with Crippen molar-refractivity contribution in [1.82, 2.24) is 20.9 Å². The molecule has 0 atom stereocenters. The zero-order valence-corrected chi connectivity index (χ0v) is 19.2. The normalized spacial score (nSPS) is 11.6. The number of aliphatic imine (C=N–C) groups is 1. The van der Waals surface area contributed by atoms with Gasteiger partial charge in [0.15, 0.2) is 11.7 Å². The summed E-state index contributed by atoms with van der Waals surface area (Å²) in [4.78, 5) is 19.6. The fourth-order valence-electron chi connectivity index (χ4n) is 2.16. The molecule has 0 fully saturated rings. The van der Waals surface area contributed by atoms with Crippen molar-refractivity contribution in [1.29, 1.82) is 0 Å². The molecule has 1 amide bonds. The quantitative estimate of drug-likeness (QED) is 0.209. The highest BCUT2D eigenvalue weighted by Gasteiger charge is 2.33. The van der Waals surface area contributed by atoms with Gasteiger partial charge in [-0.25, -0.2) is 4.98 Å². The number of aromatic nitrogens is 1. The second kappa shape index (κ2) is 12.2. The first kappa shape index (κ1) is 25.4. The van der Waals surface area contributed by atoms with Crippen LogP contribution in [0, 0.1) is 0 Å². The third-order valence-electron chi connectivity index (χ3n) is 3.52. The lowest BCUT2D eigenvalue weighted by Gasteiger charge is -2.12. The molecule has 0 unspecified atom stereocenters. The van der Waals surface area contributed by atoms with E-state index in [1.54, 1.807) is 31.3 Å². The van der Waals surface area contributed by atoms with Crippen LogP contribution in [0.4, 0.5) is 13.2 Å². The molecule has 3 N–H and O–H groups in total. The summed E-state index contributed by atoms with van der Waals surface area (Å²) in [7, 11) is 1.57. The van der Waals surface area contributed by atoms with Gasteiger partial charge >= 0.3 is 6.18 Å². The van der Waals surface area contributed by atoms with E-state index in [4.69, 9.17) is 11.6 Å². The van der Waals surface area contributed by atoms with Gasteiger partial charge < -0.3 is 16.0 Å². The second-order valence-electron chi connectivity index (χ2n) is 5.54. The zero-order chi connectivity index (χ0) is 20.6. The van der Waals surface area contributed by atoms with Crippen LogP contribution in [0.5, 0.6) is 0 Å². The Kier molecular flexibility index (Phi) is 10.7. The van der Waals surface area contributed by atoms with Crippen molar-refractivity contribution in [3.8, 4) is 0 Å². The summed E-state index contributed by atoms with van der Waals surface area (Å²) in [6.07, 6.45) is -4.08. The van der Waals surface area contributed by atoms with Gasteiger partial charge in [0.2, 0.25) is 0 Å². The van der Waals surface area contributed by atoms with Gasteiger partial charge in [0.05, 0.1) is 15.6 Å². The summed E-state index contributed by atoms with van der Waals surface area (Å²) in [5.41, 5.74) is -0.474. The van der Waals surface area contributed by atoms with Crippen LogP contribution in [0.2, 0.25) is 5.02 Å². The third-order valence-corrected chi connectivity index (χ3v) is 4.76. The van der Waals surface area contributed by atoms with Crippen molar-refractivity contribution in [2.75, 3.05) is 26.7 Å². The van der Waals surface area contributed by atoms with E-state index in [0.717, 1.165) is 16.7 Å². The fourth-order valence-corrected chi connectivity index (χ4v) is 3.19. The molecule has 0 aliphatic carbocycles. The van der Waals surface area contributed by atoms with Gasteiger partial charge in [-0.1, -0.05) is 23.7 Å². The topological polar surface area (TPSA) is 78.4 Å². The first-order chi connectivity index (χ1) is 13.3. The number of benzene rings is 1. The minimum atomic E-state index is -4.42. The lowest BCUT2D eigenvalue weighted by Crippen LogP contribution is -2.42. The molecule has 12 heteroatoms. The van der Waals surface area contributed by atoms with E-state index >= 15 is 0 Å². The number of nitrogens with zero attached hydrogens (tertiary/aromatic N) is 2. The molecule has 1 heterocycles. The van der Waals surface area contributed by atoms with Crippen molar-refractivity contribution < 1.29 is 18.0 Å². The number of rotatable bonds is 7. The first-order valence-electron chi connectivity index (χ1n) is 8.30. The third kappa shape index (κ3) is 8.34. The van der Waals surface area contributed by atoms with Crippen LogP contribution in [-0.2, 0) is 12.6 Å². The molecule has 0 radical (unpaired) electrons. The number of amides is 1. The van der Waals surface area contributed by atoms with Crippen molar-refractivity contribution in [2.24, 2.45) is 4.99 Å². The van der Waals surface area contributed by atoms with E-state index in [0.29, 0.717) is 47.6 Å². The van der Waals surface area contributed by atoms with Crippen molar-refractivity contribution >= 4 is 58.8 Å². The molecular formula is C17H20ClF3IN5OS. The summed E-state index contributed by atoms with van der Waals surface area (Å²) in [5.74, 6) is 0.194. The van der Waals surface area contributed by atoms with Gasteiger partial charge in [-0.3, -0.25) is 9.79 Å². The maximum Gasteiger partial charge on any atom is 0.434 e. The van der Waals surface area contributed by atoms with Crippen LogP contribution < -0.4 is 16.0 Å². The predicted molar refractivity (Wildman–Crippen MR) is 119 cm³/mol. The summed E-state index contributed by atoms with van der Waals surface area (Å²) < 4.78 is 37.6. The Hall–Kier alpha value is -1.60. The molecule has 0 bridgehead atoms. The Morgan fingerprint density at radius 1 is 1.17 bits per heavy atom. The number of thiazole rings is 1. The number of nitrogens with one attached hydrogen (secondary N) is 3. The highest BCUT2D eigenvalue weighted by molar-refractivity contribution is 14.0. The molecule has 0 spiro atoms. The number of guanidine groups is 1. The number of carbonyl (C=O) groups excluding carboxylic acids is 1. The highest BCUT2D eigenvalue weighted by atomic mass is 127. The molecule has 2 aromatic rings. The fraction of sp³-hybridized carbons (Fsp3) is 0.353. The minimum absolute atomic E-state index is 0. The van der Waals surface area contributed by atoms with E-state index in [1.165, 1.54) is 0 Å². The molecule has 0 saturated heterocycles. The van der Waals surface area contributed by atoms with Crippen molar-refractivity contribution in [3.05, 3.63) is 50.9 Å². The molecule has 0 aliphatic rings. The number of halogens is 5. The molecule has 29 heavy (non-hydrogen) atoms. The predicted octanol–water partition coefficient (Wildman–Crippen LogP) is 3.57. The summed E-state index contributed by atoms with van der Waals surface area (Å²) in [6, 6.07) is 6.74. The molecule has 6 nitrogen and oxygen atoms in total. The van der Waals surface area contributed by atoms with E-state index in [9.17, 15) is 18.0 Å². The molecule has 160 valence electrons. The van der Waals surface area contributed by atoms with Gasteiger partial charge in [-0.15, -0.1) is 35.3 Å². The maximum absolute atomic E-state index is 12.5. The average molecular weight is 562 g/mol. The minimum Gasteiger partial charge on any atom is -0.356 e. The van der Waals surface area contributed by atoms with E-state index in [1.807, 2.05) is 0 Å². The zero-order valence-electron chi connectivity index (χ0n) is 15.3. The Morgan fingerprint density at radius 3 is 2.45 bits per heavy atom. The van der Waals surface area contributed by atoms with Gasteiger partial charge in [0.1, 0.15) is 0 Å². The smallest absolute Gasteiger partial charge is 0.356 e. The van der Waals surface area contributed by atoms with Gasteiger partial charge in [-0.05, 0) is 12.1 Å². The summed E-state index contributed by atoms with van der Waals surface area (Å²) in [5, 5.41) is 10.5. The van der Waals surface area contributed by atoms with Gasteiger partial charge in [0, 0.05) is 38.5 Å². The number of hydrogen-bond acceptors (Lipinski definition) is 4. The molecular weight excluding hydrogens is 542 g/mol. The summed E-state index contributed by atoms with van der Waals surface area (Å²) in [6.45, 7) is 1.12. The lowest BCUT2D eigenvalue weighted by atomic mass is 10.2. The summed E-state index contributed by atoms with van der Waals surface area (Å²) >= 11 is 6.94. The van der Waals surface area contributed by atoms with Gasteiger partial charge in [-0.2, -0.15) is 13.2 Å². The molecule has 1 aromatic carbocycles. The maximum atomic E-state index is 12.5. The SMILES string of the molecule is CN=C(NCCNC(=O)c1ccccc1Cl)NCCc1nc(C(F)(F)F)cs1.I. The molecule has 1 aromatic heterocycles. The van der Waals surface area contributed by atoms with Crippen LogP contribution >= 0.6 is 46.9 Å². The van der Waals surface area contributed by atoms with Crippen LogP contribution in [-0.4, -0.2) is 43.5 Å². The highest BCUT2D eigenvalue weighted by Crippen LogP contribution is 2.29. The largest absolute Gasteiger partial charge is 0.434 e. The Bertz CT molecular complexity index is 831. The van der Waals surface area contributed by atoms with E-state index < -0.39 is 11.9 Å². The van der Waals surface area contributed by atoms with E-state index in [-0.39, 0.29) is 29.9 Å². The van der Waals surface area contributed by atoms with E-state index in [2.05, 4.69) is 25.9 Å². The van der Waals surface area contributed by atoms with Crippen LogP contribution in [0.1, 0.15) is 21.1 Å². The van der Waals surface area contributed by atoms with Crippen molar-refractivity contribution in [3.63, 3.8) is 0 Å². The molecule has 0 saturated carbocycles. The molecule has 2 rings (SSSR count). The number of hydrogen-bond donors (Lipinski definition) is 3.